The van der Waals surface area contributed by atoms with Crippen LogP contribution in [-0.4, -0.2) is 49.7 Å². The van der Waals surface area contributed by atoms with Crippen molar-refractivity contribution in [2.24, 2.45) is 0 Å². The minimum atomic E-state index is -3.47. The van der Waals surface area contributed by atoms with Gasteiger partial charge in [-0.3, -0.25) is 0 Å². The Labute approximate surface area is 117 Å². The third-order valence-electron chi connectivity index (χ3n) is 3.08. The van der Waals surface area contributed by atoms with E-state index in [0.29, 0.717) is 10.8 Å². The molecule has 1 aliphatic heterocycles. The minimum absolute atomic E-state index is 0.166. The maximum Gasteiger partial charge on any atom is 0.252 e. The quantitative estimate of drug-likeness (QED) is 0.904. The van der Waals surface area contributed by atoms with E-state index >= 15 is 0 Å². The molecule has 1 aromatic heterocycles. The lowest BCUT2D eigenvalue weighted by Gasteiger charge is -2.34. The number of thiophene rings is 1. The molecule has 108 valence electrons. The van der Waals surface area contributed by atoms with E-state index < -0.39 is 16.1 Å². The average molecular weight is 305 g/mol. The van der Waals surface area contributed by atoms with Gasteiger partial charge in [-0.25, -0.2) is 8.42 Å². The summed E-state index contributed by atoms with van der Waals surface area (Å²) in [5.74, 6) is 0. The van der Waals surface area contributed by atoms with Gasteiger partial charge in [-0.2, -0.15) is 4.31 Å². The molecule has 2 heterocycles. The molecule has 2 atom stereocenters. The molecule has 0 radical (unpaired) electrons. The largest absolute Gasteiger partial charge is 0.394 e. The van der Waals surface area contributed by atoms with Gasteiger partial charge >= 0.3 is 0 Å². The number of aliphatic hydroxyl groups is 1. The fourth-order valence-corrected chi connectivity index (χ4v) is 5.11. The van der Waals surface area contributed by atoms with E-state index in [9.17, 15) is 8.42 Å². The van der Waals surface area contributed by atoms with Gasteiger partial charge in [0.1, 0.15) is 4.21 Å². The summed E-state index contributed by atoms with van der Waals surface area (Å²) >= 11 is 1.31. The summed E-state index contributed by atoms with van der Waals surface area (Å²) in [6, 6.07) is 3.51. The molecule has 1 saturated heterocycles. The van der Waals surface area contributed by atoms with E-state index in [-0.39, 0.29) is 19.3 Å². The van der Waals surface area contributed by atoms with Crippen molar-refractivity contribution in [3.05, 3.63) is 17.0 Å². The van der Waals surface area contributed by atoms with Gasteiger partial charge in [0.25, 0.3) is 10.0 Å². The standard InChI is InChI=1S/C12H19NO4S2/c1-3-11-4-5-12(18-11)19(15,16)13-6-9(2)17-10(7-13)8-14/h4-5,9-10,14H,3,6-8H2,1-2H3. The summed E-state index contributed by atoms with van der Waals surface area (Å²) in [5.41, 5.74) is 0. The summed E-state index contributed by atoms with van der Waals surface area (Å²) in [6.07, 6.45) is 0.189. The van der Waals surface area contributed by atoms with Gasteiger partial charge in [0.2, 0.25) is 0 Å². The predicted octanol–water partition coefficient (Wildman–Crippen LogP) is 1.08. The van der Waals surface area contributed by atoms with Gasteiger partial charge in [-0.15, -0.1) is 11.3 Å². The Kier molecular flexibility index (Phi) is 4.62. The number of aryl methyl sites for hydroxylation is 1. The van der Waals surface area contributed by atoms with Crippen LogP contribution in [0.3, 0.4) is 0 Å². The molecule has 1 aliphatic rings. The molecular formula is C12H19NO4S2. The number of hydrogen-bond acceptors (Lipinski definition) is 5. The second kappa shape index (κ2) is 5.88. The lowest BCUT2D eigenvalue weighted by molar-refractivity contribution is -0.0750. The van der Waals surface area contributed by atoms with Crippen molar-refractivity contribution in [1.29, 1.82) is 0 Å². The van der Waals surface area contributed by atoms with Crippen LogP contribution in [0.25, 0.3) is 0 Å². The zero-order chi connectivity index (χ0) is 14.0. The second-order valence-electron chi connectivity index (χ2n) is 4.65. The van der Waals surface area contributed by atoms with Crippen LogP contribution < -0.4 is 0 Å². The summed E-state index contributed by atoms with van der Waals surface area (Å²) in [5, 5.41) is 9.16. The van der Waals surface area contributed by atoms with Crippen LogP contribution in [0.1, 0.15) is 18.7 Å². The maximum atomic E-state index is 12.5. The minimum Gasteiger partial charge on any atom is -0.394 e. The Morgan fingerprint density at radius 2 is 2.21 bits per heavy atom. The number of nitrogens with zero attached hydrogens (tertiary/aromatic N) is 1. The highest BCUT2D eigenvalue weighted by atomic mass is 32.2. The Morgan fingerprint density at radius 3 is 2.79 bits per heavy atom. The molecule has 1 N–H and O–H groups in total. The zero-order valence-electron chi connectivity index (χ0n) is 11.1. The van der Waals surface area contributed by atoms with Crippen LogP contribution in [0.5, 0.6) is 0 Å². The lowest BCUT2D eigenvalue weighted by atomic mass is 10.2. The molecular weight excluding hydrogens is 286 g/mol. The van der Waals surface area contributed by atoms with Gasteiger partial charge in [-0.1, -0.05) is 6.92 Å². The Bertz CT molecular complexity index is 526. The SMILES string of the molecule is CCc1ccc(S(=O)(=O)N2CC(C)OC(CO)C2)s1. The van der Waals surface area contributed by atoms with Crippen molar-refractivity contribution < 1.29 is 18.3 Å². The smallest absolute Gasteiger partial charge is 0.252 e. The normalized spacial score (nSPS) is 25.6. The molecule has 2 rings (SSSR count). The number of morpholine rings is 1. The highest BCUT2D eigenvalue weighted by Crippen LogP contribution is 2.27. The summed E-state index contributed by atoms with van der Waals surface area (Å²) in [7, 11) is -3.47. The average Bonchev–Trinajstić information content (AvgIpc) is 2.87. The molecule has 0 aliphatic carbocycles. The van der Waals surface area contributed by atoms with Crippen LogP contribution in [0.15, 0.2) is 16.3 Å². The lowest BCUT2D eigenvalue weighted by Crippen LogP contribution is -2.50. The third-order valence-corrected chi connectivity index (χ3v) is 6.60. The van der Waals surface area contributed by atoms with E-state index in [4.69, 9.17) is 9.84 Å². The molecule has 0 aromatic carbocycles. The van der Waals surface area contributed by atoms with E-state index in [1.165, 1.54) is 15.6 Å². The highest BCUT2D eigenvalue weighted by molar-refractivity contribution is 7.91. The van der Waals surface area contributed by atoms with Gasteiger partial charge in [0.15, 0.2) is 0 Å². The molecule has 5 nitrogen and oxygen atoms in total. The monoisotopic (exact) mass is 305 g/mol. The first-order valence-electron chi connectivity index (χ1n) is 6.32. The maximum absolute atomic E-state index is 12.5. The third kappa shape index (κ3) is 3.17. The van der Waals surface area contributed by atoms with Crippen molar-refractivity contribution in [3.63, 3.8) is 0 Å². The summed E-state index contributed by atoms with van der Waals surface area (Å²) in [6.45, 7) is 4.19. The van der Waals surface area contributed by atoms with Crippen molar-refractivity contribution in [2.75, 3.05) is 19.7 Å². The van der Waals surface area contributed by atoms with Crippen LogP contribution in [0.2, 0.25) is 0 Å². The predicted molar refractivity (Wildman–Crippen MR) is 73.9 cm³/mol. The molecule has 0 bridgehead atoms. The Hall–Kier alpha value is -0.470. The molecule has 0 amide bonds. The summed E-state index contributed by atoms with van der Waals surface area (Å²) in [4.78, 5) is 1.05. The molecule has 7 heteroatoms. The molecule has 0 saturated carbocycles. The highest BCUT2D eigenvalue weighted by Gasteiger charge is 2.34. The molecule has 19 heavy (non-hydrogen) atoms. The van der Waals surface area contributed by atoms with Gasteiger partial charge in [-0.05, 0) is 25.5 Å². The fraction of sp³-hybridized carbons (Fsp3) is 0.667. The first-order valence-corrected chi connectivity index (χ1v) is 8.58. The van der Waals surface area contributed by atoms with Crippen molar-refractivity contribution in [1.82, 2.24) is 4.31 Å². The number of sulfonamides is 1. The van der Waals surface area contributed by atoms with Crippen molar-refractivity contribution in [2.45, 2.75) is 36.7 Å². The molecule has 1 fully saturated rings. The van der Waals surface area contributed by atoms with Crippen LogP contribution in [-0.2, 0) is 21.2 Å². The molecule has 0 spiro atoms. The molecule has 2 unspecified atom stereocenters. The molecule has 1 aromatic rings. The second-order valence-corrected chi connectivity index (χ2v) is 7.98. The van der Waals surface area contributed by atoms with Gasteiger partial charge in [0, 0.05) is 18.0 Å². The van der Waals surface area contributed by atoms with Crippen LogP contribution in [0.4, 0.5) is 0 Å². The van der Waals surface area contributed by atoms with Crippen LogP contribution in [0, 0.1) is 0 Å². The topological polar surface area (TPSA) is 66.8 Å². The number of aliphatic hydroxyl groups excluding tert-OH is 1. The van der Waals surface area contributed by atoms with E-state index in [2.05, 4.69) is 0 Å². The Balaban J connectivity index is 2.23. The number of rotatable bonds is 4. The van der Waals surface area contributed by atoms with Gasteiger partial charge in [0.05, 0.1) is 18.8 Å². The zero-order valence-corrected chi connectivity index (χ0v) is 12.7. The van der Waals surface area contributed by atoms with Gasteiger partial charge < -0.3 is 9.84 Å². The van der Waals surface area contributed by atoms with E-state index in [1.807, 2.05) is 19.9 Å². The van der Waals surface area contributed by atoms with E-state index in [1.54, 1.807) is 6.07 Å². The fourth-order valence-electron chi connectivity index (χ4n) is 2.11. The summed E-state index contributed by atoms with van der Waals surface area (Å²) < 4.78 is 32.3. The number of ether oxygens (including phenoxy) is 1. The van der Waals surface area contributed by atoms with Crippen molar-refractivity contribution >= 4 is 21.4 Å². The van der Waals surface area contributed by atoms with Crippen LogP contribution >= 0.6 is 11.3 Å². The van der Waals surface area contributed by atoms with E-state index in [0.717, 1.165) is 11.3 Å². The first-order chi connectivity index (χ1) is 8.97. The first kappa shape index (κ1) is 14.9. The number of hydrogen-bond donors (Lipinski definition) is 1. The Morgan fingerprint density at radius 1 is 1.47 bits per heavy atom. The van der Waals surface area contributed by atoms with Crippen molar-refractivity contribution in [3.8, 4) is 0 Å².